The molecule has 1 aromatic rings. The van der Waals surface area contributed by atoms with Gasteiger partial charge in [-0.1, -0.05) is 43.2 Å². The Morgan fingerprint density at radius 1 is 1.14 bits per heavy atom. The largest absolute Gasteiger partial charge is 0.345 e. The van der Waals surface area contributed by atoms with E-state index in [0.29, 0.717) is 6.54 Å². The van der Waals surface area contributed by atoms with Crippen LogP contribution in [0.25, 0.3) is 0 Å². The van der Waals surface area contributed by atoms with Crippen molar-refractivity contribution in [2.75, 3.05) is 0 Å². The van der Waals surface area contributed by atoms with Crippen molar-refractivity contribution in [1.29, 1.82) is 0 Å². The van der Waals surface area contributed by atoms with Gasteiger partial charge in [0.25, 0.3) is 0 Å². The summed E-state index contributed by atoms with van der Waals surface area (Å²) in [4.78, 5) is 23.8. The number of nitrogens with one attached hydrogen (secondary N) is 2. The van der Waals surface area contributed by atoms with E-state index in [0.717, 1.165) is 42.7 Å². The lowest BCUT2D eigenvalue weighted by Crippen LogP contribution is -2.45. The standard InChI is InChI=1S/C18H26N2O2/c1-3-14-7-9-16(10-8-14)20-18(22)17(21)19-12-15-6-4-5-13(2)11-15/h4-6,11,14,16H,3,7-10,12H2,1-2H3,(H,19,21)(H,20,22). The van der Waals surface area contributed by atoms with Gasteiger partial charge in [-0.3, -0.25) is 9.59 Å². The molecule has 0 radical (unpaired) electrons. The van der Waals surface area contributed by atoms with Gasteiger partial charge in [-0.15, -0.1) is 0 Å². The molecule has 1 aromatic carbocycles. The van der Waals surface area contributed by atoms with Gasteiger partial charge >= 0.3 is 11.8 Å². The van der Waals surface area contributed by atoms with Crippen molar-refractivity contribution in [2.24, 2.45) is 5.92 Å². The molecule has 0 atom stereocenters. The van der Waals surface area contributed by atoms with Crippen LogP contribution in [0.3, 0.4) is 0 Å². The molecule has 4 heteroatoms. The molecule has 0 spiro atoms. The number of rotatable bonds is 4. The molecule has 4 nitrogen and oxygen atoms in total. The van der Waals surface area contributed by atoms with Crippen molar-refractivity contribution in [1.82, 2.24) is 10.6 Å². The molecule has 1 fully saturated rings. The molecule has 2 N–H and O–H groups in total. The summed E-state index contributed by atoms with van der Waals surface area (Å²) in [6.45, 7) is 4.60. The zero-order valence-corrected chi connectivity index (χ0v) is 13.5. The van der Waals surface area contributed by atoms with Crippen LogP contribution in [-0.4, -0.2) is 17.9 Å². The lowest BCUT2D eigenvalue weighted by atomic mass is 9.84. The lowest BCUT2D eigenvalue weighted by molar-refractivity contribution is -0.139. The number of hydrogen-bond donors (Lipinski definition) is 2. The van der Waals surface area contributed by atoms with Crippen LogP contribution < -0.4 is 10.6 Å². The summed E-state index contributed by atoms with van der Waals surface area (Å²) in [5, 5.41) is 5.54. The summed E-state index contributed by atoms with van der Waals surface area (Å²) in [5.41, 5.74) is 2.15. The fourth-order valence-electron chi connectivity index (χ4n) is 3.05. The maximum absolute atomic E-state index is 11.9. The van der Waals surface area contributed by atoms with Crippen molar-refractivity contribution >= 4 is 11.8 Å². The van der Waals surface area contributed by atoms with Gasteiger partial charge in [0.05, 0.1) is 0 Å². The van der Waals surface area contributed by atoms with E-state index in [2.05, 4.69) is 17.6 Å². The van der Waals surface area contributed by atoms with Crippen LogP contribution in [0, 0.1) is 12.8 Å². The van der Waals surface area contributed by atoms with Crippen LogP contribution in [0.2, 0.25) is 0 Å². The van der Waals surface area contributed by atoms with E-state index in [-0.39, 0.29) is 6.04 Å². The maximum atomic E-state index is 11.9. The summed E-state index contributed by atoms with van der Waals surface area (Å²) in [5.74, 6) is -0.268. The van der Waals surface area contributed by atoms with Gasteiger partial charge in [-0.25, -0.2) is 0 Å². The number of amides is 2. The Labute approximate surface area is 132 Å². The topological polar surface area (TPSA) is 58.2 Å². The van der Waals surface area contributed by atoms with Crippen LogP contribution in [0.1, 0.15) is 50.2 Å². The molecule has 1 saturated carbocycles. The smallest absolute Gasteiger partial charge is 0.309 e. The number of carbonyl (C=O) groups excluding carboxylic acids is 2. The van der Waals surface area contributed by atoms with Gasteiger partial charge in [-0.05, 0) is 44.1 Å². The Morgan fingerprint density at radius 3 is 2.50 bits per heavy atom. The van der Waals surface area contributed by atoms with Gasteiger partial charge in [0.15, 0.2) is 0 Å². The molecule has 22 heavy (non-hydrogen) atoms. The molecular formula is C18H26N2O2. The number of aryl methyl sites for hydroxylation is 1. The van der Waals surface area contributed by atoms with E-state index in [1.54, 1.807) is 0 Å². The molecule has 120 valence electrons. The lowest BCUT2D eigenvalue weighted by Gasteiger charge is -2.28. The first-order valence-electron chi connectivity index (χ1n) is 8.22. The van der Waals surface area contributed by atoms with E-state index < -0.39 is 11.8 Å². The van der Waals surface area contributed by atoms with E-state index in [9.17, 15) is 9.59 Å². The molecule has 0 bridgehead atoms. The highest BCUT2D eigenvalue weighted by Gasteiger charge is 2.23. The fraction of sp³-hybridized carbons (Fsp3) is 0.556. The maximum Gasteiger partial charge on any atom is 0.309 e. The minimum Gasteiger partial charge on any atom is -0.345 e. The predicted molar refractivity (Wildman–Crippen MR) is 87.2 cm³/mol. The normalized spacial score (nSPS) is 21.2. The fourth-order valence-corrected chi connectivity index (χ4v) is 3.05. The van der Waals surface area contributed by atoms with Crippen LogP contribution in [-0.2, 0) is 16.1 Å². The highest BCUT2D eigenvalue weighted by molar-refractivity contribution is 6.35. The van der Waals surface area contributed by atoms with E-state index >= 15 is 0 Å². The third-order valence-electron chi connectivity index (χ3n) is 4.50. The molecule has 0 unspecified atom stereocenters. The van der Waals surface area contributed by atoms with Crippen LogP contribution in [0.15, 0.2) is 24.3 Å². The third-order valence-corrected chi connectivity index (χ3v) is 4.50. The summed E-state index contributed by atoms with van der Waals surface area (Å²) in [7, 11) is 0. The van der Waals surface area contributed by atoms with Gasteiger partial charge in [-0.2, -0.15) is 0 Å². The molecular weight excluding hydrogens is 276 g/mol. The Kier molecular flexibility index (Phi) is 5.99. The number of hydrogen-bond acceptors (Lipinski definition) is 2. The Morgan fingerprint density at radius 2 is 1.86 bits per heavy atom. The van der Waals surface area contributed by atoms with Crippen molar-refractivity contribution < 1.29 is 9.59 Å². The first-order valence-corrected chi connectivity index (χ1v) is 8.22. The predicted octanol–water partition coefficient (Wildman–Crippen LogP) is 2.70. The van der Waals surface area contributed by atoms with Gasteiger partial charge < -0.3 is 10.6 Å². The van der Waals surface area contributed by atoms with Crippen molar-refractivity contribution in [2.45, 2.75) is 58.5 Å². The van der Waals surface area contributed by atoms with Crippen molar-refractivity contribution in [3.05, 3.63) is 35.4 Å². The number of carbonyl (C=O) groups is 2. The molecule has 0 heterocycles. The average molecular weight is 302 g/mol. The minimum absolute atomic E-state index is 0.153. The molecule has 1 aliphatic rings. The van der Waals surface area contributed by atoms with Crippen LogP contribution in [0.4, 0.5) is 0 Å². The highest BCUT2D eigenvalue weighted by Crippen LogP contribution is 2.26. The number of benzene rings is 1. The first kappa shape index (κ1) is 16.5. The van der Waals surface area contributed by atoms with E-state index in [1.807, 2.05) is 31.2 Å². The zero-order valence-electron chi connectivity index (χ0n) is 13.5. The van der Waals surface area contributed by atoms with Gasteiger partial charge in [0, 0.05) is 12.6 Å². The minimum atomic E-state index is -0.542. The summed E-state index contributed by atoms with van der Waals surface area (Å²) in [6.07, 6.45) is 5.46. The average Bonchev–Trinajstić information content (AvgIpc) is 2.53. The van der Waals surface area contributed by atoms with E-state index in [4.69, 9.17) is 0 Å². The molecule has 2 amide bonds. The Balaban J connectivity index is 1.74. The third kappa shape index (κ3) is 4.86. The highest BCUT2D eigenvalue weighted by atomic mass is 16.2. The van der Waals surface area contributed by atoms with Crippen molar-refractivity contribution in [3.63, 3.8) is 0 Å². The molecule has 1 aliphatic carbocycles. The summed E-state index contributed by atoms with van der Waals surface area (Å²) in [6, 6.07) is 8.05. The zero-order chi connectivity index (χ0) is 15.9. The molecule has 0 aromatic heterocycles. The SMILES string of the molecule is CCC1CCC(NC(=O)C(=O)NCc2cccc(C)c2)CC1. The Bertz CT molecular complexity index is 520. The monoisotopic (exact) mass is 302 g/mol. The van der Waals surface area contributed by atoms with Crippen LogP contribution in [0.5, 0.6) is 0 Å². The molecule has 0 saturated heterocycles. The summed E-state index contributed by atoms with van der Waals surface area (Å²) >= 11 is 0. The second-order valence-electron chi connectivity index (χ2n) is 6.27. The quantitative estimate of drug-likeness (QED) is 0.840. The molecule has 2 rings (SSSR count). The molecule has 0 aliphatic heterocycles. The first-order chi connectivity index (χ1) is 10.6. The van der Waals surface area contributed by atoms with Gasteiger partial charge in [0.2, 0.25) is 0 Å². The van der Waals surface area contributed by atoms with Crippen LogP contribution >= 0.6 is 0 Å². The second-order valence-corrected chi connectivity index (χ2v) is 6.27. The second kappa shape index (κ2) is 7.97. The van der Waals surface area contributed by atoms with E-state index in [1.165, 1.54) is 6.42 Å². The van der Waals surface area contributed by atoms with Gasteiger partial charge in [0.1, 0.15) is 0 Å². The Hall–Kier alpha value is -1.84. The van der Waals surface area contributed by atoms with Crippen molar-refractivity contribution in [3.8, 4) is 0 Å². The summed E-state index contributed by atoms with van der Waals surface area (Å²) < 4.78 is 0.